The van der Waals surface area contributed by atoms with Crippen LogP contribution < -0.4 is 0 Å². The largest absolute Gasteiger partial charge is 2.00 e. The molecule has 3 heteroatoms. The fourth-order valence-electron chi connectivity index (χ4n) is 8.15. The van der Waals surface area contributed by atoms with Crippen molar-refractivity contribution in [3.05, 3.63) is 99.3 Å². The minimum Gasteiger partial charge on any atom is -0.493 e. The third-order valence-corrected chi connectivity index (χ3v) is 11.5. The molecule has 0 radical (unpaired) electrons. The van der Waals surface area contributed by atoms with Crippen molar-refractivity contribution in [1.82, 2.24) is 0 Å². The van der Waals surface area contributed by atoms with Gasteiger partial charge in [0.15, 0.2) is 0 Å². The fourth-order valence-corrected chi connectivity index (χ4v) is 8.15. The Hall–Kier alpha value is -1.82. The summed E-state index contributed by atoms with van der Waals surface area (Å²) in [7, 11) is 0. The zero-order valence-electron chi connectivity index (χ0n) is 40.0. The number of hydrogen-bond acceptors (Lipinski definition) is 0. The van der Waals surface area contributed by atoms with Crippen LogP contribution in [0.4, 0.5) is 0 Å². The standard InChI is InChI=1S/C47H74N2.2C4H9.Pd/c1-9-17-22-23-31-45-44(30-21-13-5)46(41-34-38(27-18-10-2)43(29-20-12-4)39(35-41)28-19-11-3)49(48)47(45)40-32-36(24-14-6)42(26-16-8)37(33-40)25-15-7;2*1-3-4-2;/h32-35H,9-31H2,1-8H3;2*1,3-4H2,2H3;/q;2*-1;+2. The maximum atomic E-state index is 12.7. The minimum absolute atomic E-state index is 0. The van der Waals surface area contributed by atoms with E-state index in [2.05, 4.69) is 107 Å². The molecule has 0 N–H and O–H groups in total. The Balaban J connectivity index is 0.00000329. The monoisotopic (exact) mass is 887 g/mol. The Morgan fingerprint density at radius 2 is 0.707 bits per heavy atom. The maximum absolute atomic E-state index is 12.7. The van der Waals surface area contributed by atoms with Gasteiger partial charge in [0, 0.05) is 22.3 Å². The van der Waals surface area contributed by atoms with Crippen molar-refractivity contribution < 1.29 is 25.1 Å². The van der Waals surface area contributed by atoms with E-state index in [0.717, 1.165) is 94.9 Å². The van der Waals surface area contributed by atoms with E-state index in [1.165, 1.54) is 134 Å². The number of aryl methyl sites for hydroxylation is 4. The molecular formula is C55H92N2Pd. The molecule has 0 saturated carbocycles. The predicted molar refractivity (Wildman–Crippen MR) is 257 cm³/mol. The molecule has 332 valence electrons. The molecule has 0 aliphatic carbocycles. The van der Waals surface area contributed by atoms with Gasteiger partial charge < -0.3 is 19.4 Å². The van der Waals surface area contributed by atoms with Gasteiger partial charge in [-0.3, -0.25) is 0 Å². The van der Waals surface area contributed by atoms with Gasteiger partial charge in [0.25, 0.3) is 0 Å². The molecule has 0 amide bonds. The van der Waals surface area contributed by atoms with Crippen LogP contribution in [0.3, 0.4) is 0 Å². The molecule has 0 atom stereocenters. The van der Waals surface area contributed by atoms with Gasteiger partial charge in [-0.15, -0.1) is 0 Å². The van der Waals surface area contributed by atoms with E-state index in [9.17, 15) is 5.53 Å². The van der Waals surface area contributed by atoms with Gasteiger partial charge in [-0.1, -0.05) is 146 Å². The summed E-state index contributed by atoms with van der Waals surface area (Å²) in [6, 6.07) is 9.97. The number of allylic oxidation sites excluding steroid dienone is 2. The van der Waals surface area contributed by atoms with Gasteiger partial charge in [-0.2, -0.15) is 12.8 Å². The molecule has 1 aliphatic rings. The topological polar surface area (TPSA) is 25.3 Å². The molecule has 2 aromatic rings. The molecule has 0 unspecified atom stereocenters. The average Bonchev–Trinajstić information content (AvgIpc) is 3.50. The molecule has 1 aliphatic heterocycles. The molecule has 1 heterocycles. The summed E-state index contributed by atoms with van der Waals surface area (Å²) in [5, 5.41) is 0. The van der Waals surface area contributed by atoms with Gasteiger partial charge in [-0.25, -0.2) is 4.70 Å². The van der Waals surface area contributed by atoms with Gasteiger partial charge in [0.2, 0.25) is 11.4 Å². The average molecular weight is 888 g/mol. The molecule has 0 aromatic heterocycles. The fraction of sp³-hybridized carbons (Fsp3) is 0.673. The van der Waals surface area contributed by atoms with E-state index in [0.29, 0.717) is 0 Å². The quantitative estimate of drug-likeness (QED) is 0.0370. The smallest absolute Gasteiger partial charge is 0.493 e. The van der Waals surface area contributed by atoms with Crippen LogP contribution in [0, 0.1) is 13.8 Å². The van der Waals surface area contributed by atoms with Crippen molar-refractivity contribution in [1.29, 1.82) is 0 Å². The van der Waals surface area contributed by atoms with Gasteiger partial charge in [-0.05, 0) is 141 Å². The Labute approximate surface area is 376 Å². The molecule has 0 spiro atoms. The van der Waals surface area contributed by atoms with E-state index in [4.69, 9.17) is 0 Å². The third-order valence-electron chi connectivity index (χ3n) is 11.5. The van der Waals surface area contributed by atoms with Crippen molar-refractivity contribution in [3.63, 3.8) is 0 Å². The van der Waals surface area contributed by atoms with Crippen LogP contribution in [0.25, 0.3) is 16.9 Å². The zero-order chi connectivity index (χ0) is 42.4. The first kappa shape index (κ1) is 56.2. The first-order chi connectivity index (χ1) is 27.8. The second kappa shape index (κ2) is 34.8. The van der Waals surface area contributed by atoms with Gasteiger partial charge >= 0.3 is 20.4 Å². The van der Waals surface area contributed by atoms with Crippen LogP contribution in [-0.2, 0) is 58.9 Å². The van der Waals surface area contributed by atoms with Crippen molar-refractivity contribution in [2.75, 3.05) is 0 Å². The summed E-state index contributed by atoms with van der Waals surface area (Å²) >= 11 is 0. The number of benzene rings is 2. The Bertz CT molecular complexity index is 1400. The molecule has 2 nitrogen and oxygen atoms in total. The predicted octanol–water partition coefficient (Wildman–Crippen LogP) is 18.1. The minimum atomic E-state index is 0. The SMILES string of the molecule is CCCCCCC1=C(c2cc(CCC)c(CCC)c(CCC)c2)[N+](=[N-])C(c2cc(CCCC)c(CCCC)c(CCCC)c2)=C1CCCC.[CH2-]CCC.[CH2-]CCC.[Pd+2]. The Kier molecular flexibility index (Phi) is 33.8. The van der Waals surface area contributed by atoms with Crippen molar-refractivity contribution in [2.24, 2.45) is 0 Å². The van der Waals surface area contributed by atoms with E-state index < -0.39 is 0 Å². The maximum Gasteiger partial charge on any atom is 2.00 e. The number of unbranched alkanes of at least 4 members (excludes halogenated alkanes) is 9. The second-order valence-electron chi connectivity index (χ2n) is 16.7. The summed E-state index contributed by atoms with van der Waals surface area (Å²) in [6.07, 6.45) is 31.5. The first-order valence-corrected chi connectivity index (χ1v) is 24.6. The normalized spacial score (nSPS) is 12.4. The van der Waals surface area contributed by atoms with Gasteiger partial charge in [0.1, 0.15) is 0 Å². The molecule has 0 bridgehead atoms. The second-order valence-corrected chi connectivity index (χ2v) is 16.7. The van der Waals surface area contributed by atoms with Crippen LogP contribution in [0.15, 0.2) is 35.4 Å². The van der Waals surface area contributed by atoms with Crippen molar-refractivity contribution in [2.45, 2.75) is 243 Å². The van der Waals surface area contributed by atoms with E-state index in [-0.39, 0.29) is 20.4 Å². The van der Waals surface area contributed by atoms with Crippen molar-refractivity contribution >= 4 is 11.4 Å². The molecule has 58 heavy (non-hydrogen) atoms. The van der Waals surface area contributed by atoms with E-state index in [1.54, 1.807) is 15.8 Å². The van der Waals surface area contributed by atoms with Crippen molar-refractivity contribution in [3.8, 4) is 0 Å². The molecule has 3 rings (SSSR count). The summed E-state index contributed by atoms with van der Waals surface area (Å²) in [4.78, 5) is 0. The summed E-state index contributed by atoms with van der Waals surface area (Å²) < 4.78 is 1.69. The zero-order valence-corrected chi connectivity index (χ0v) is 41.6. The summed E-state index contributed by atoms with van der Waals surface area (Å²) in [5.41, 5.74) is 29.4. The Morgan fingerprint density at radius 1 is 0.379 bits per heavy atom. The van der Waals surface area contributed by atoms with E-state index >= 15 is 0 Å². The molecule has 0 saturated heterocycles. The van der Waals surface area contributed by atoms with Crippen LogP contribution in [-0.4, -0.2) is 4.70 Å². The summed E-state index contributed by atoms with van der Waals surface area (Å²) in [5.74, 6) is 0. The number of rotatable bonds is 27. The molecule has 0 fully saturated rings. The van der Waals surface area contributed by atoms with Crippen LogP contribution >= 0.6 is 0 Å². The first-order valence-electron chi connectivity index (χ1n) is 24.6. The van der Waals surface area contributed by atoms with Crippen LogP contribution in [0.5, 0.6) is 0 Å². The number of hydrogen-bond donors (Lipinski definition) is 0. The summed E-state index contributed by atoms with van der Waals surface area (Å²) in [6.45, 7) is 30.0. The van der Waals surface area contributed by atoms with Crippen LogP contribution in [0.2, 0.25) is 0 Å². The van der Waals surface area contributed by atoms with Gasteiger partial charge in [0.05, 0.1) is 0 Å². The van der Waals surface area contributed by atoms with Crippen LogP contribution in [0.1, 0.15) is 249 Å². The third kappa shape index (κ3) is 18.4. The molecule has 2 aromatic carbocycles. The Morgan fingerprint density at radius 3 is 1.07 bits per heavy atom. The molecular weight excluding hydrogens is 795 g/mol. The van der Waals surface area contributed by atoms with E-state index in [1.807, 2.05) is 0 Å². The number of nitrogens with zero attached hydrogens (tertiary/aromatic N) is 2.